The van der Waals surface area contributed by atoms with Crippen LogP contribution in [-0.4, -0.2) is 35.5 Å². The van der Waals surface area contributed by atoms with Crippen LogP contribution in [0.4, 0.5) is 5.69 Å². The van der Waals surface area contributed by atoms with Crippen LogP contribution in [0.5, 0.6) is 0 Å². The number of anilines is 1. The molecule has 0 bridgehead atoms. The molecule has 2 amide bonds. The molecule has 21 heavy (non-hydrogen) atoms. The molecular formula is C13H16ClN3O4. The van der Waals surface area contributed by atoms with Crippen LogP contribution in [0.25, 0.3) is 0 Å². The zero-order chi connectivity index (χ0) is 16.0. The molecule has 0 heterocycles. The van der Waals surface area contributed by atoms with E-state index in [1.54, 1.807) is 6.92 Å². The second-order valence-corrected chi connectivity index (χ2v) is 4.91. The fourth-order valence-electron chi connectivity index (χ4n) is 1.59. The van der Waals surface area contributed by atoms with Crippen molar-refractivity contribution in [3.05, 3.63) is 28.8 Å². The molecule has 0 fully saturated rings. The van der Waals surface area contributed by atoms with E-state index in [-0.39, 0.29) is 35.3 Å². The standard InChI is InChI=1S/C13H16ClN3O4/c1-7(4-11(15)18)16-6-12(19)17-10-5-8(13(20)21)2-3-9(10)14/h2-3,5,7,16H,4,6H2,1H3,(H2,15,18)(H,17,19)(H,20,21). The minimum Gasteiger partial charge on any atom is -0.478 e. The van der Waals surface area contributed by atoms with E-state index in [4.69, 9.17) is 22.4 Å². The van der Waals surface area contributed by atoms with Crippen molar-refractivity contribution >= 4 is 35.1 Å². The normalized spacial score (nSPS) is 11.7. The van der Waals surface area contributed by atoms with Crippen LogP contribution in [0.2, 0.25) is 5.02 Å². The molecule has 8 heteroatoms. The molecule has 0 saturated heterocycles. The molecule has 0 spiro atoms. The highest BCUT2D eigenvalue weighted by Gasteiger charge is 2.11. The zero-order valence-corrected chi connectivity index (χ0v) is 12.1. The Hall–Kier alpha value is -2.12. The smallest absolute Gasteiger partial charge is 0.335 e. The number of amides is 2. The Balaban J connectivity index is 2.60. The predicted octanol–water partition coefficient (Wildman–Crippen LogP) is 0.830. The number of nitrogens with one attached hydrogen (secondary N) is 2. The summed E-state index contributed by atoms with van der Waals surface area (Å²) in [5.74, 6) is -1.99. The van der Waals surface area contributed by atoms with Gasteiger partial charge in [-0.3, -0.25) is 9.59 Å². The van der Waals surface area contributed by atoms with Crippen molar-refractivity contribution < 1.29 is 19.5 Å². The minimum atomic E-state index is -1.12. The Bertz CT molecular complexity index is 562. The van der Waals surface area contributed by atoms with Crippen molar-refractivity contribution in [2.75, 3.05) is 11.9 Å². The number of benzene rings is 1. The Morgan fingerprint density at radius 3 is 2.62 bits per heavy atom. The van der Waals surface area contributed by atoms with Gasteiger partial charge in [0.2, 0.25) is 11.8 Å². The molecule has 114 valence electrons. The van der Waals surface area contributed by atoms with Gasteiger partial charge in [0.25, 0.3) is 0 Å². The highest BCUT2D eigenvalue weighted by Crippen LogP contribution is 2.22. The van der Waals surface area contributed by atoms with Gasteiger partial charge in [0.05, 0.1) is 22.8 Å². The number of hydrogen-bond acceptors (Lipinski definition) is 4. The quantitative estimate of drug-likeness (QED) is 0.594. The van der Waals surface area contributed by atoms with E-state index in [2.05, 4.69) is 10.6 Å². The maximum Gasteiger partial charge on any atom is 0.335 e. The van der Waals surface area contributed by atoms with Crippen molar-refractivity contribution in [2.24, 2.45) is 5.73 Å². The molecule has 0 aromatic heterocycles. The number of carboxylic acid groups (broad SMARTS) is 1. The van der Waals surface area contributed by atoms with Crippen LogP contribution < -0.4 is 16.4 Å². The first-order chi connectivity index (χ1) is 9.79. The third-order valence-corrected chi connectivity index (χ3v) is 2.94. The van der Waals surface area contributed by atoms with Crippen molar-refractivity contribution in [3.63, 3.8) is 0 Å². The van der Waals surface area contributed by atoms with Gasteiger partial charge in [-0.2, -0.15) is 0 Å². The van der Waals surface area contributed by atoms with E-state index in [0.717, 1.165) is 0 Å². The molecule has 0 aliphatic carbocycles. The van der Waals surface area contributed by atoms with E-state index in [0.29, 0.717) is 0 Å². The largest absolute Gasteiger partial charge is 0.478 e. The van der Waals surface area contributed by atoms with Crippen LogP contribution in [0.15, 0.2) is 18.2 Å². The third-order valence-electron chi connectivity index (χ3n) is 2.61. The summed E-state index contributed by atoms with van der Waals surface area (Å²) in [7, 11) is 0. The molecule has 0 saturated carbocycles. The summed E-state index contributed by atoms with van der Waals surface area (Å²) in [5, 5.41) is 14.4. The second kappa shape index (κ2) is 7.61. The van der Waals surface area contributed by atoms with E-state index < -0.39 is 17.8 Å². The summed E-state index contributed by atoms with van der Waals surface area (Å²) in [6.07, 6.45) is 0.114. The molecule has 5 N–H and O–H groups in total. The number of hydrogen-bond donors (Lipinski definition) is 4. The van der Waals surface area contributed by atoms with Crippen LogP contribution in [0, 0.1) is 0 Å². The first-order valence-corrected chi connectivity index (χ1v) is 6.51. The topological polar surface area (TPSA) is 122 Å². The Kier molecular flexibility index (Phi) is 6.13. The van der Waals surface area contributed by atoms with Crippen LogP contribution in [-0.2, 0) is 9.59 Å². The van der Waals surface area contributed by atoms with E-state index in [1.165, 1.54) is 18.2 Å². The molecule has 7 nitrogen and oxygen atoms in total. The minimum absolute atomic E-state index is 0.0183. The van der Waals surface area contributed by atoms with Crippen LogP contribution >= 0.6 is 11.6 Å². The Morgan fingerprint density at radius 1 is 1.38 bits per heavy atom. The zero-order valence-electron chi connectivity index (χ0n) is 11.4. The number of carboxylic acids is 1. The van der Waals surface area contributed by atoms with Gasteiger partial charge in [-0.25, -0.2) is 4.79 Å². The molecule has 1 unspecified atom stereocenters. The number of aromatic carboxylic acids is 1. The van der Waals surface area contributed by atoms with Crippen molar-refractivity contribution in [1.82, 2.24) is 5.32 Å². The molecule has 1 aromatic carbocycles. The van der Waals surface area contributed by atoms with Gasteiger partial charge in [0.15, 0.2) is 0 Å². The lowest BCUT2D eigenvalue weighted by Gasteiger charge is -2.12. The fourth-order valence-corrected chi connectivity index (χ4v) is 1.75. The summed E-state index contributed by atoms with van der Waals surface area (Å²) >= 11 is 5.89. The van der Waals surface area contributed by atoms with Gasteiger partial charge in [-0.1, -0.05) is 11.6 Å². The summed E-state index contributed by atoms with van der Waals surface area (Å²) in [6, 6.07) is 3.77. The van der Waals surface area contributed by atoms with Crippen LogP contribution in [0.1, 0.15) is 23.7 Å². The SMILES string of the molecule is CC(CC(N)=O)NCC(=O)Nc1cc(C(=O)O)ccc1Cl. The van der Waals surface area contributed by atoms with Crippen molar-refractivity contribution in [3.8, 4) is 0 Å². The van der Waals surface area contributed by atoms with Crippen molar-refractivity contribution in [2.45, 2.75) is 19.4 Å². The van der Waals surface area contributed by atoms with E-state index >= 15 is 0 Å². The summed E-state index contributed by atoms with van der Waals surface area (Å²) < 4.78 is 0. The average Bonchev–Trinajstić information content (AvgIpc) is 2.38. The number of rotatable bonds is 7. The first-order valence-electron chi connectivity index (χ1n) is 6.14. The van der Waals surface area contributed by atoms with Crippen LogP contribution in [0.3, 0.4) is 0 Å². The Labute approximate surface area is 126 Å². The van der Waals surface area contributed by atoms with Gasteiger partial charge in [0, 0.05) is 12.5 Å². The number of halogens is 1. The number of carbonyl (C=O) groups excluding carboxylic acids is 2. The Morgan fingerprint density at radius 2 is 2.05 bits per heavy atom. The molecule has 1 rings (SSSR count). The predicted molar refractivity (Wildman–Crippen MR) is 78.3 cm³/mol. The van der Waals surface area contributed by atoms with Gasteiger partial charge in [0.1, 0.15) is 0 Å². The number of nitrogens with two attached hydrogens (primary N) is 1. The molecule has 1 atom stereocenters. The highest BCUT2D eigenvalue weighted by molar-refractivity contribution is 6.33. The summed E-state index contributed by atoms with van der Waals surface area (Å²) in [6.45, 7) is 1.66. The summed E-state index contributed by atoms with van der Waals surface area (Å²) in [4.78, 5) is 33.3. The molecule has 0 aliphatic heterocycles. The monoisotopic (exact) mass is 313 g/mol. The van der Waals surface area contributed by atoms with E-state index in [9.17, 15) is 14.4 Å². The average molecular weight is 314 g/mol. The third kappa shape index (κ3) is 5.80. The highest BCUT2D eigenvalue weighted by atomic mass is 35.5. The molecule has 0 radical (unpaired) electrons. The van der Waals surface area contributed by atoms with Crippen molar-refractivity contribution in [1.29, 1.82) is 0 Å². The number of primary amides is 1. The maximum absolute atomic E-state index is 11.7. The fraction of sp³-hybridized carbons (Fsp3) is 0.308. The maximum atomic E-state index is 11.7. The van der Waals surface area contributed by atoms with Gasteiger partial charge >= 0.3 is 5.97 Å². The summed E-state index contributed by atoms with van der Waals surface area (Å²) in [5.41, 5.74) is 5.27. The lowest BCUT2D eigenvalue weighted by atomic mass is 10.2. The lowest BCUT2D eigenvalue weighted by Crippen LogP contribution is -2.36. The van der Waals surface area contributed by atoms with Gasteiger partial charge < -0.3 is 21.5 Å². The molecule has 1 aromatic rings. The van der Waals surface area contributed by atoms with E-state index in [1.807, 2.05) is 0 Å². The molecule has 0 aliphatic rings. The second-order valence-electron chi connectivity index (χ2n) is 4.50. The van der Waals surface area contributed by atoms with Gasteiger partial charge in [-0.15, -0.1) is 0 Å². The lowest BCUT2D eigenvalue weighted by molar-refractivity contribution is -0.119. The van der Waals surface area contributed by atoms with Gasteiger partial charge in [-0.05, 0) is 25.1 Å². The molecular weight excluding hydrogens is 298 g/mol. The first kappa shape index (κ1) is 16.9. The number of carbonyl (C=O) groups is 3.